The monoisotopic (exact) mass is 402 g/mol. The summed E-state index contributed by atoms with van der Waals surface area (Å²) in [5, 5.41) is 0. The van der Waals surface area contributed by atoms with Gasteiger partial charge in [-0.05, 0) is 0 Å². The number of rotatable bonds is 6. The Morgan fingerprint density at radius 2 is 1.71 bits per heavy atom. The van der Waals surface area contributed by atoms with Gasteiger partial charge in [0.25, 0.3) is 5.56 Å². The number of nitrogens with zero attached hydrogens (tertiary/aromatic N) is 1. The van der Waals surface area contributed by atoms with Crippen LogP contribution in [0.5, 0.6) is 0 Å². The predicted octanol–water partition coefficient (Wildman–Crippen LogP) is -0.670. The van der Waals surface area contributed by atoms with E-state index in [9.17, 15) is 28.4 Å². The summed E-state index contributed by atoms with van der Waals surface area (Å²) in [4.78, 5) is 59.8. The van der Waals surface area contributed by atoms with Crippen LogP contribution in [0.15, 0.2) is 15.8 Å². The fourth-order valence-corrected chi connectivity index (χ4v) is 2.73. The van der Waals surface area contributed by atoms with Crippen molar-refractivity contribution in [1.29, 1.82) is 0 Å². The number of esters is 3. The second-order valence-electron chi connectivity index (χ2n) is 5.97. The Balaban J connectivity index is 2.49. The molecule has 0 saturated carbocycles. The number of nitrogens with one attached hydrogen (secondary N) is 1. The van der Waals surface area contributed by atoms with Gasteiger partial charge in [-0.15, -0.1) is 0 Å². The summed E-state index contributed by atoms with van der Waals surface area (Å²) in [6.45, 7) is 1.82. The van der Waals surface area contributed by atoms with Crippen LogP contribution in [0.2, 0.25) is 0 Å². The van der Waals surface area contributed by atoms with E-state index in [0.29, 0.717) is 0 Å². The van der Waals surface area contributed by atoms with Crippen LogP contribution in [0.3, 0.4) is 0 Å². The van der Waals surface area contributed by atoms with Crippen LogP contribution in [-0.4, -0.2) is 52.4 Å². The van der Waals surface area contributed by atoms with Crippen molar-refractivity contribution >= 4 is 17.9 Å². The zero-order valence-electron chi connectivity index (χ0n) is 15.3. The van der Waals surface area contributed by atoms with E-state index >= 15 is 0 Å². The number of alkyl halides is 1. The molecule has 0 bridgehead atoms. The number of aromatic nitrogens is 2. The smallest absolute Gasteiger partial charge is 0.330 e. The molecule has 154 valence electrons. The highest BCUT2D eigenvalue weighted by Gasteiger charge is 2.51. The van der Waals surface area contributed by atoms with Gasteiger partial charge in [-0.3, -0.25) is 28.7 Å². The van der Waals surface area contributed by atoms with Gasteiger partial charge in [0.2, 0.25) is 0 Å². The van der Waals surface area contributed by atoms with E-state index in [1.165, 1.54) is 0 Å². The molecule has 11 nitrogen and oxygen atoms in total. The minimum atomic E-state index is -1.37. The molecule has 4 atom stereocenters. The lowest BCUT2D eigenvalue weighted by atomic mass is 10.1. The third kappa shape index (κ3) is 4.82. The van der Waals surface area contributed by atoms with Gasteiger partial charge in [0.1, 0.15) is 19.4 Å². The molecule has 0 aliphatic carbocycles. The standard InChI is InChI=1S/C16H19FN2O9/c1-7(20)25-6-11-12(26-8(2)21)13(27-9(3)22)15(28-11)19-5-10(4-17)14(23)18-16(19)24/h5,11-13,15H,4,6H2,1-3H3,(H,18,23,24)/t11-,12?,13?,15-/m0/s1. The van der Waals surface area contributed by atoms with Crippen LogP contribution in [0.4, 0.5) is 4.39 Å². The van der Waals surface area contributed by atoms with Crippen molar-refractivity contribution in [3.63, 3.8) is 0 Å². The van der Waals surface area contributed by atoms with Crippen molar-refractivity contribution in [2.75, 3.05) is 6.61 Å². The fourth-order valence-electron chi connectivity index (χ4n) is 2.73. The van der Waals surface area contributed by atoms with Gasteiger partial charge in [-0.25, -0.2) is 9.18 Å². The van der Waals surface area contributed by atoms with Gasteiger partial charge in [0.15, 0.2) is 18.4 Å². The lowest BCUT2D eigenvalue weighted by Gasteiger charge is -2.24. The minimum Gasteiger partial charge on any atom is -0.463 e. The average Bonchev–Trinajstić information content (AvgIpc) is 2.89. The lowest BCUT2D eigenvalue weighted by molar-refractivity contribution is -0.166. The van der Waals surface area contributed by atoms with Crippen molar-refractivity contribution in [2.45, 2.75) is 52.0 Å². The SMILES string of the molecule is CC(=O)OC[C@@H]1O[C@H](n2cc(CF)c(=O)[nH]c2=O)C(OC(C)=O)C1OC(C)=O. The maximum atomic E-state index is 13.0. The first-order valence-electron chi connectivity index (χ1n) is 8.17. The van der Waals surface area contributed by atoms with E-state index in [4.69, 9.17) is 18.9 Å². The minimum absolute atomic E-state index is 0.364. The topological polar surface area (TPSA) is 143 Å². The van der Waals surface area contributed by atoms with E-state index in [1.54, 1.807) is 0 Å². The Bertz CT molecular complexity index is 878. The summed E-state index contributed by atoms with van der Waals surface area (Å²) in [5.74, 6) is -2.15. The lowest BCUT2D eigenvalue weighted by Crippen LogP contribution is -2.42. The molecule has 1 saturated heterocycles. The third-order valence-corrected chi connectivity index (χ3v) is 3.80. The van der Waals surface area contributed by atoms with Crippen molar-refractivity contribution in [1.82, 2.24) is 9.55 Å². The van der Waals surface area contributed by atoms with Crippen molar-refractivity contribution in [3.8, 4) is 0 Å². The highest BCUT2D eigenvalue weighted by molar-refractivity contribution is 5.68. The number of H-pyrrole nitrogens is 1. The van der Waals surface area contributed by atoms with Gasteiger partial charge in [-0.1, -0.05) is 0 Å². The van der Waals surface area contributed by atoms with Gasteiger partial charge in [0.05, 0.1) is 5.56 Å². The van der Waals surface area contributed by atoms with E-state index in [0.717, 1.165) is 31.5 Å². The van der Waals surface area contributed by atoms with Crippen LogP contribution in [0.1, 0.15) is 32.6 Å². The first kappa shape index (κ1) is 21.3. The molecule has 0 amide bonds. The first-order valence-corrected chi connectivity index (χ1v) is 8.17. The van der Waals surface area contributed by atoms with E-state index in [1.807, 2.05) is 4.98 Å². The zero-order chi connectivity index (χ0) is 21.0. The molecule has 2 heterocycles. The maximum Gasteiger partial charge on any atom is 0.330 e. The average molecular weight is 402 g/mol. The molecule has 1 aliphatic heterocycles. The molecule has 1 aromatic heterocycles. The number of ether oxygens (including phenoxy) is 4. The second-order valence-corrected chi connectivity index (χ2v) is 5.97. The van der Waals surface area contributed by atoms with Crippen LogP contribution in [0, 0.1) is 0 Å². The normalized spacial score (nSPS) is 23.9. The Labute approximate surface area is 157 Å². The molecular weight excluding hydrogens is 383 g/mol. The molecule has 1 aliphatic rings. The van der Waals surface area contributed by atoms with E-state index < -0.39 is 60.4 Å². The van der Waals surface area contributed by atoms with Gasteiger partial charge >= 0.3 is 23.6 Å². The van der Waals surface area contributed by atoms with Gasteiger partial charge < -0.3 is 18.9 Å². The number of aromatic amines is 1. The summed E-state index contributed by atoms with van der Waals surface area (Å²) in [5.41, 5.74) is -2.24. The molecule has 28 heavy (non-hydrogen) atoms. The molecule has 0 spiro atoms. The quantitative estimate of drug-likeness (QED) is 0.484. The predicted molar refractivity (Wildman–Crippen MR) is 87.8 cm³/mol. The third-order valence-electron chi connectivity index (χ3n) is 3.80. The number of halogens is 1. The Hall–Kier alpha value is -3.02. The summed E-state index contributed by atoms with van der Waals surface area (Å²) < 4.78 is 34.7. The highest BCUT2D eigenvalue weighted by atomic mass is 19.1. The van der Waals surface area contributed by atoms with Crippen LogP contribution >= 0.6 is 0 Å². The number of carbonyl (C=O) groups excluding carboxylic acids is 3. The van der Waals surface area contributed by atoms with Crippen LogP contribution < -0.4 is 11.2 Å². The maximum absolute atomic E-state index is 13.0. The summed E-state index contributed by atoms with van der Waals surface area (Å²) in [6, 6.07) is 0. The Morgan fingerprint density at radius 1 is 1.11 bits per heavy atom. The summed E-state index contributed by atoms with van der Waals surface area (Å²) >= 11 is 0. The number of carbonyl (C=O) groups is 3. The zero-order valence-corrected chi connectivity index (χ0v) is 15.3. The first-order chi connectivity index (χ1) is 13.1. The molecule has 2 rings (SSSR count). The molecule has 12 heteroatoms. The van der Waals surface area contributed by atoms with Crippen molar-refractivity contribution < 1.29 is 37.7 Å². The largest absolute Gasteiger partial charge is 0.463 e. The second kappa shape index (κ2) is 8.78. The van der Waals surface area contributed by atoms with Crippen molar-refractivity contribution in [3.05, 3.63) is 32.6 Å². The molecule has 1 N–H and O–H groups in total. The van der Waals surface area contributed by atoms with Crippen LogP contribution in [-0.2, 0) is 40.0 Å². The Kier molecular flexibility index (Phi) is 6.67. The highest BCUT2D eigenvalue weighted by Crippen LogP contribution is 2.33. The number of hydrogen-bond donors (Lipinski definition) is 1. The molecule has 0 radical (unpaired) electrons. The van der Waals surface area contributed by atoms with Crippen molar-refractivity contribution in [2.24, 2.45) is 0 Å². The molecule has 1 fully saturated rings. The van der Waals surface area contributed by atoms with Gasteiger partial charge in [-0.2, -0.15) is 0 Å². The van der Waals surface area contributed by atoms with Crippen LogP contribution in [0.25, 0.3) is 0 Å². The molecular formula is C16H19FN2O9. The number of hydrogen-bond acceptors (Lipinski definition) is 9. The van der Waals surface area contributed by atoms with E-state index in [2.05, 4.69) is 0 Å². The molecule has 0 aromatic carbocycles. The van der Waals surface area contributed by atoms with E-state index in [-0.39, 0.29) is 12.2 Å². The molecule has 2 unspecified atom stereocenters. The van der Waals surface area contributed by atoms with Gasteiger partial charge in [0, 0.05) is 27.0 Å². The Morgan fingerprint density at radius 3 is 2.25 bits per heavy atom. The molecule has 1 aromatic rings. The summed E-state index contributed by atoms with van der Waals surface area (Å²) in [6.07, 6.45) is -4.09. The summed E-state index contributed by atoms with van der Waals surface area (Å²) in [7, 11) is 0. The fraction of sp³-hybridized carbons (Fsp3) is 0.562.